The summed E-state index contributed by atoms with van der Waals surface area (Å²) >= 11 is 7.07. The number of aromatic carboxylic acids is 1. The number of aliphatic hydroxyl groups is 1. The molecule has 3 rings (SSSR count). The fraction of sp³-hybridized carbons (Fsp3) is 0.579. The second kappa shape index (κ2) is 10.4. The maximum absolute atomic E-state index is 12.7. The molecule has 0 aliphatic carbocycles. The van der Waals surface area contributed by atoms with E-state index in [-0.39, 0.29) is 34.4 Å². The van der Waals surface area contributed by atoms with Gasteiger partial charge in [0, 0.05) is 19.7 Å². The lowest BCUT2D eigenvalue weighted by molar-refractivity contribution is 0.0204. The first-order valence-electron chi connectivity index (χ1n) is 10.1. The van der Waals surface area contributed by atoms with E-state index >= 15 is 0 Å². The fourth-order valence-electron chi connectivity index (χ4n) is 3.41. The van der Waals surface area contributed by atoms with E-state index in [0.29, 0.717) is 48.5 Å². The molecule has 1 saturated heterocycles. The van der Waals surface area contributed by atoms with E-state index in [2.05, 4.69) is 20.3 Å². The molecule has 0 saturated carbocycles. The number of carboxylic acids is 1. The van der Waals surface area contributed by atoms with E-state index in [4.69, 9.17) is 16.3 Å². The number of ether oxygens (including phenoxy) is 1. The number of piperidine rings is 1. The average molecular weight is 472 g/mol. The van der Waals surface area contributed by atoms with Gasteiger partial charge in [0.15, 0.2) is 16.1 Å². The summed E-state index contributed by atoms with van der Waals surface area (Å²) in [6.07, 6.45) is 1.72. The van der Waals surface area contributed by atoms with Crippen LogP contribution in [0.2, 0.25) is 5.15 Å². The minimum absolute atomic E-state index is 0.0281. The van der Waals surface area contributed by atoms with Gasteiger partial charge in [-0.05, 0) is 19.3 Å². The van der Waals surface area contributed by atoms with Crippen LogP contribution < -0.4 is 10.2 Å². The maximum Gasteiger partial charge on any atom is 0.347 e. The van der Waals surface area contributed by atoms with Gasteiger partial charge in [-0.1, -0.05) is 36.8 Å². The van der Waals surface area contributed by atoms with Gasteiger partial charge >= 0.3 is 5.97 Å². The van der Waals surface area contributed by atoms with Crippen LogP contribution in [0, 0.1) is 0 Å². The van der Waals surface area contributed by atoms with Gasteiger partial charge in [0.1, 0.15) is 4.88 Å². The molecule has 2 aromatic rings. The van der Waals surface area contributed by atoms with Gasteiger partial charge in [0.05, 0.1) is 30.1 Å². The van der Waals surface area contributed by atoms with Crippen molar-refractivity contribution in [2.75, 3.05) is 24.6 Å². The molecule has 10 nitrogen and oxygen atoms in total. The van der Waals surface area contributed by atoms with Crippen molar-refractivity contribution in [1.29, 1.82) is 0 Å². The lowest BCUT2D eigenvalue weighted by Gasteiger charge is -2.38. The number of rotatable bonds is 9. The number of anilines is 1. The van der Waals surface area contributed by atoms with Crippen molar-refractivity contribution in [3.05, 3.63) is 27.2 Å². The van der Waals surface area contributed by atoms with Gasteiger partial charge in [-0.25, -0.2) is 14.8 Å². The van der Waals surface area contributed by atoms with E-state index in [1.165, 1.54) is 0 Å². The Morgan fingerprint density at radius 2 is 2.16 bits per heavy atom. The van der Waals surface area contributed by atoms with Gasteiger partial charge in [0.25, 0.3) is 5.91 Å². The topological polar surface area (TPSA) is 141 Å². The van der Waals surface area contributed by atoms with Crippen molar-refractivity contribution in [3.8, 4) is 0 Å². The minimum Gasteiger partial charge on any atom is -0.477 e. The number of amides is 1. The van der Waals surface area contributed by atoms with E-state index in [1.807, 2.05) is 18.7 Å². The van der Waals surface area contributed by atoms with Crippen molar-refractivity contribution in [3.63, 3.8) is 0 Å². The molecule has 0 bridgehead atoms. The highest BCUT2D eigenvalue weighted by Crippen LogP contribution is 2.29. The Labute approximate surface area is 188 Å². The molecule has 1 amide bonds. The summed E-state index contributed by atoms with van der Waals surface area (Å²) in [4.78, 5) is 37.4. The molecule has 4 N–H and O–H groups in total. The Bertz CT molecular complexity index is 933. The number of nitrogens with one attached hydrogen (secondary N) is 2. The number of aliphatic hydroxyl groups excluding tert-OH is 1. The van der Waals surface area contributed by atoms with Crippen LogP contribution in [-0.4, -0.2) is 68.9 Å². The summed E-state index contributed by atoms with van der Waals surface area (Å²) < 4.78 is 5.99. The molecule has 31 heavy (non-hydrogen) atoms. The fourth-order valence-corrected chi connectivity index (χ4v) is 4.62. The van der Waals surface area contributed by atoms with Crippen molar-refractivity contribution >= 4 is 39.9 Å². The Morgan fingerprint density at radius 1 is 1.39 bits per heavy atom. The lowest BCUT2D eigenvalue weighted by Crippen LogP contribution is -2.55. The normalized spacial score (nSPS) is 18.9. The van der Waals surface area contributed by atoms with Crippen molar-refractivity contribution < 1.29 is 24.5 Å². The minimum atomic E-state index is -1.11. The third-order valence-corrected chi connectivity index (χ3v) is 6.47. The maximum atomic E-state index is 12.7. The predicted molar refractivity (Wildman–Crippen MR) is 116 cm³/mol. The highest BCUT2D eigenvalue weighted by molar-refractivity contribution is 7.17. The molecule has 3 heterocycles. The first-order valence-corrected chi connectivity index (χ1v) is 11.3. The number of carbonyl (C=O) groups excluding carboxylic acids is 1. The van der Waals surface area contributed by atoms with Gasteiger partial charge in [0.2, 0.25) is 0 Å². The van der Waals surface area contributed by atoms with E-state index in [9.17, 15) is 19.8 Å². The number of imidazole rings is 1. The smallest absolute Gasteiger partial charge is 0.347 e. The molecular weight excluding hydrogens is 446 g/mol. The molecule has 1 aliphatic rings. The summed E-state index contributed by atoms with van der Waals surface area (Å²) in [5.41, 5.74) is 0.855. The number of hydrogen-bond acceptors (Lipinski definition) is 8. The number of aryl methyl sites for hydroxylation is 1. The van der Waals surface area contributed by atoms with Crippen LogP contribution >= 0.6 is 22.9 Å². The van der Waals surface area contributed by atoms with Crippen LogP contribution in [0.5, 0.6) is 0 Å². The Hall–Kier alpha value is -2.21. The average Bonchev–Trinajstić information content (AvgIpc) is 3.36. The highest BCUT2D eigenvalue weighted by atomic mass is 35.5. The number of thiazole rings is 1. The molecular formula is C19H26ClN5O5S. The Balaban J connectivity index is 1.73. The molecule has 12 heteroatoms. The zero-order valence-electron chi connectivity index (χ0n) is 17.4. The standard InChI is InChI=1S/C19H26ClN5O5S/c1-3-7-30-13-8-25(19-23-12(9-26)14(31-19)18(28)29)6-5-11(13)22-17(27)16-21-10(4-2)15(20)24-16/h11,13,26H,3-9H2,1-2H3,(H,21,24)(H,22,27)(H,28,29)/t11-,13+/m0/s1. The molecule has 1 fully saturated rings. The van der Waals surface area contributed by atoms with Crippen LogP contribution in [0.3, 0.4) is 0 Å². The zero-order valence-corrected chi connectivity index (χ0v) is 18.9. The van der Waals surface area contributed by atoms with Gasteiger partial charge in [-0.2, -0.15) is 0 Å². The van der Waals surface area contributed by atoms with Crippen LogP contribution in [0.25, 0.3) is 0 Å². The van der Waals surface area contributed by atoms with Gasteiger partial charge in [-0.15, -0.1) is 0 Å². The summed E-state index contributed by atoms with van der Waals surface area (Å²) in [7, 11) is 0. The number of nitrogens with zero attached hydrogens (tertiary/aromatic N) is 3. The summed E-state index contributed by atoms with van der Waals surface area (Å²) in [6.45, 7) is 4.99. The van der Waals surface area contributed by atoms with E-state index < -0.39 is 12.6 Å². The second-order valence-electron chi connectivity index (χ2n) is 7.17. The molecule has 0 spiro atoms. The van der Waals surface area contributed by atoms with Crippen LogP contribution in [0.15, 0.2) is 0 Å². The Kier molecular flexibility index (Phi) is 7.87. The first-order chi connectivity index (χ1) is 14.9. The number of aromatic nitrogens is 3. The number of H-pyrrole nitrogens is 1. The molecule has 0 radical (unpaired) electrons. The molecule has 1 aliphatic heterocycles. The number of carboxylic acid groups (broad SMARTS) is 1. The molecule has 170 valence electrons. The molecule has 2 aromatic heterocycles. The largest absolute Gasteiger partial charge is 0.477 e. The zero-order chi connectivity index (χ0) is 22.5. The SMILES string of the molecule is CCCO[C@@H]1CN(c2nc(CO)c(C(=O)O)s2)CC[C@@H]1NC(=O)c1nc(Cl)c(CC)[nH]1. The third-order valence-electron chi connectivity index (χ3n) is 5.01. The number of carbonyl (C=O) groups is 2. The Morgan fingerprint density at radius 3 is 2.74 bits per heavy atom. The number of halogens is 1. The second-order valence-corrected chi connectivity index (χ2v) is 8.50. The highest BCUT2D eigenvalue weighted by Gasteiger charge is 2.34. The van der Waals surface area contributed by atoms with Gasteiger partial charge < -0.3 is 30.2 Å². The summed E-state index contributed by atoms with van der Waals surface area (Å²) in [5.74, 6) is -1.30. The van der Waals surface area contributed by atoms with Crippen molar-refractivity contribution in [1.82, 2.24) is 20.3 Å². The van der Waals surface area contributed by atoms with Crippen LogP contribution in [0.4, 0.5) is 5.13 Å². The first kappa shape index (κ1) is 23.5. The van der Waals surface area contributed by atoms with Crippen molar-refractivity contribution in [2.24, 2.45) is 0 Å². The lowest BCUT2D eigenvalue weighted by atomic mass is 10.0. The molecule has 0 aromatic carbocycles. The predicted octanol–water partition coefficient (Wildman–Crippen LogP) is 2.08. The number of hydrogen-bond donors (Lipinski definition) is 4. The van der Waals surface area contributed by atoms with E-state index in [0.717, 1.165) is 17.8 Å². The third kappa shape index (κ3) is 5.35. The van der Waals surface area contributed by atoms with Crippen molar-refractivity contribution in [2.45, 2.75) is 51.9 Å². The molecule has 0 unspecified atom stereocenters. The van der Waals surface area contributed by atoms with E-state index in [1.54, 1.807) is 0 Å². The summed E-state index contributed by atoms with van der Waals surface area (Å²) in [5, 5.41) is 22.5. The van der Waals surface area contributed by atoms with Gasteiger partial charge in [-0.3, -0.25) is 4.79 Å². The van der Waals surface area contributed by atoms with Crippen LogP contribution in [0.1, 0.15) is 58.4 Å². The van der Waals surface area contributed by atoms with Crippen LogP contribution in [-0.2, 0) is 17.8 Å². The number of aromatic amines is 1. The summed E-state index contributed by atoms with van der Waals surface area (Å²) in [6, 6.07) is -0.250. The quantitative estimate of drug-likeness (QED) is 0.435. The molecule has 2 atom stereocenters. The monoisotopic (exact) mass is 471 g/mol.